The first-order valence-electron chi connectivity index (χ1n) is 10.2. The highest BCUT2D eigenvalue weighted by Crippen LogP contribution is 2.07. The molecule has 0 aliphatic rings. The van der Waals surface area contributed by atoms with Crippen LogP contribution in [-0.2, 0) is 28.5 Å². The van der Waals surface area contributed by atoms with Crippen LogP contribution in [0.4, 0.5) is 0 Å². The van der Waals surface area contributed by atoms with E-state index in [9.17, 15) is 9.59 Å². The van der Waals surface area contributed by atoms with Crippen molar-refractivity contribution in [2.24, 2.45) is 0 Å². The molecule has 1 aromatic rings. The van der Waals surface area contributed by atoms with Crippen molar-refractivity contribution in [1.29, 1.82) is 0 Å². The van der Waals surface area contributed by atoms with Crippen LogP contribution in [0.5, 0.6) is 5.75 Å². The van der Waals surface area contributed by atoms with E-state index in [-0.39, 0.29) is 18.7 Å². The molecule has 170 valence electrons. The average molecular weight is 427 g/mol. The minimum Gasteiger partial charge on any atom is -0.491 e. The third-order valence-electron chi connectivity index (χ3n) is 3.71. The molecule has 2 N–H and O–H groups in total. The fraction of sp³-hybridized carbons (Fsp3) is 0.619. The van der Waals surface area contributed by atoms with Crippen molar-refractivity contribution in [3.05, 3.63) is 30.3 Å². The van der Waals surface area contributed by atoms with Crippen LogP contribution in [-0.4, -0.2) is 83.0 Å². The molecule has 9 heteroatoms. The van der Waals surface area contributed by atoms with Gasteiger partial charge < -0.3 is 34.1 Å². The van der Waals surface area contributed by atoms with Crippen molar-refractivity contribution in [2.75, 3.05) is 66.0 Å². The Morgan fingerprint density at radius 3 is 1.83 bits per heavy atom. The van der Waals surface area contributed by atoms with E-state index in [1.54, 1.807) is 0 Å². The summed E-state index contributed by atoms with van der Waals surface area (Å²) in [5.74, 6) is -0.401. The van der Waals surface area contributed by atoms with Gasteiger partial charge in [-0.3, -0.25) is 9.59 Å². The highest BCUT2D eigenvalue weighted by Gasteiger charge is 2.04. The van der Waals surface area contributed by atoms with Gasteiger partial charge in [0.25, 0.3) is 0 Å². The van der Waals surface area contributed by atoms with Gasteiger partial charge in [-0.1, -0.05) is 18.2 Å². The molecule has 0 aliphatic heterocycles. The summed E-state index contributed by atoms with van der Waals surface area (Å²) in [5.41, 5.74) is 0. The molecule has 9 nitrogen and oxygen atoms in total. The largest absolute Gasteiger partial charge is 0.491 e. The maximum atomic E-state index is 11.3. The van der Waals surface area contributed by atoms with E-state index in [2.05, 4.69) is 5.32 Å². The Morgan fingerprint density at radius 2 is 1.27 bits per heavy atom. The molecule has 0 spiro atoms. The van der Waals surface area contributed by atoms with Crippen LogP contribution in [0.25, 0.3) is 0 Å². The third kappa shape index (κ3) is 16.7. The van der Waals surface area contributed by atoms with Crippen LogP contribution in [0.3, 0.4) is 0 Å². The van der Waals surface area contributed by atoms with Crippen molar-refractivity contribution in [3.63, 3.8) is 0 Å². The molecule has 0 radical (unpaired) electrons. The molecular formula is C21H33NO8. The molecule has 0 saturated carbocycles. The first-order valence-corrected chi connectivity index (χ1v) is 10.2. The lowest BCUT2D eigenvalue weighted by molar-refractivity contribution is -0.138. The molecule has 1 aromatic carbocycles. The number of carboxylic acid groups (broad SMARTS) is 1. The van der Waals surface area contributed by atoms with Crippen LogP contribution in [0.15, 0.2) is 30.3 Å². The molecule has 0 bridgehead atoms. The summed E-state index contributed by atoms with van der Waals surface area (Å²) in [7, 11) is 0. The molecule has 0 aliphatic carbocycles. The second kappa shape index (κ2) is 18.8. The highest BCUT2D eigenvalue weighted by atomic mass is 16.6. The number of para-hydroxylation sites is 1. The van der Waals surface area contributed by atoms with Crippen LogP contribution < -0.4 is 10.1 Å². The number of rotatable bonds is 20. The predicted molar refractivity (Wildman–Crippen MR) is 110 cm³/mol. The molecule has 0 heterocycles. The zero-order valence-electron chi connectivity index (χ0n) is 17.4. The van der Waals surface area contributed by atoms with Gasteiger partial charge in [-0.2, -0.15) is 0 Å². The van der Waals surface area contributed by atoms with Gasteiger partial charge in [0.1, 0.15) is 12.4 Å². The van der Waals surface area contributed by atoms with Crippen LogP contribution in [0.2, 0.25) is 0 Å². The number of carbonyl (C=O) groups is 2. The van der Waals surface area contributed by atoms with Gasteiger partial charge in [0.05, 0.1) is 52.7 Å². The normalized spacial score (nSPS) is 10.7. The molecule has 0 unspecified atom stereocenters. The number of hydrogen-bond acceptors (Lipinski definition) is 7. The minimum absolute atomic E-state index is 0.000894. The minimum atomic E-state index is -0.975. The summed E-state index contributed by atoms with van der Waals surface area (Å²) in [4.78, 5) is 21.6. The summed E-state index contributed by atoms with van der Waals surface area (Å²) in [6.45, 7) is 4.92. The van der Waals surface area contributed by atoms with Crippen molar-refractivity contribution in [1.82, 2.24) is 5.32 Å². The SMILES string of the molecule is O=C(O)CCC(=O)NCCCOCCOCCOCCOCCOc1ccccc1. The van der Waals surface area contributed by atoms with E-state index < -0.39 is 5.97 Å². The number of benzene rings is 1. The van der Waals surface area contributed by atoms with Crippen molar-refractivity contribution in [3.8, 4) is 5.75 Å². The van der Waals surface area contributed by atoms with Gasteiger partial charge in [-0.05, 0) is 18.6 Å². The summed E-state index contributed by atoms with van der Waals surface area (Å²) in [6, 6.07) is 9.60. The van der Waals surface area contributed by atoms with Gasteiger partial charge in [0.15, 0.2) is 0 Å². The van der Waals surface area contributed by atoms with Crippen molar-refractivity contribution < 1.29 is 38.4 Å². The summed E-state index contributed by atoms with van der Waals surface area (Å²) in [5, 5.41) is 11.1. The lowest BCUT2D eigenvalue weighted by Gasteiger charge is -2.08. The van der Waals surface area contributed by atoms with Crippen LogP contribution >= 0.6 is 0 Å². The molecular weight excluding hydrogens is 394 g/mol. The lowest BCUT2D eigenvalue weighted by Crippen LogP contribution is -2.25. The number of carbonyl (C=O) groups excluding carboxylic acids is 1. The molecule has 0 aromatic heterocycles. The fourth-order valence-electron chi connectivity index (χ4n) is 2.21. The Bertz CT molecular complexity index is 555. The second-order valence-corrected chi connectivity index (χ2v) is 6.21. The Balaban J connectivity index is 1.71. The van der Waals surface area contributed by atoms with E-state index in [4.69, 9.17) is 28.8 Å². The quantitative estimate of drug-likeness (QED) is 0.301. The van der Waals surface area contributed by atoms with Gasteiger partial charge in [0, 0.05) is 19.6 Å². The summed E-state index contributed by atoms with van der Waals surface area (Å²) in [6.07, 6.45) is 0.513. The molecule has 0 atom stereocenters. The van der Waals surface area contributed by atoms with E-state index >= 15 is 0 Å². The molecule has 0 saturated heterocycles. The monoisotopic (exact) mass is 427 g/mol. The first-order chi connectivity index (χ1) is 14.7. The van der Waals surface area contributed by atoms with E-state index in [0.29, 0.717) is 72.4 Å². The summed E-state index contributed by atoms with van der Waals surface area (Å²) < 4.78 is 27.1. The maximum Gasteiger partial charge on any atom is 0.303 e. The molecule has 1 rings (SSSR count). The average Bonchev–Trinajstić information content (AvgIpc) is 2.75. The van der Waals surface area contributed by atoms with Gasteiger partial charge >= 0.3 is 5.97 Å². The van der Waals surface area contributed by atoms with Crippen molar-refractivity contribution >= 4 is 11.9 Å². The maximum absolute atomic E-state index is 11.3. The first kappa shape index (κ1) is 25.8. The Labute approximate surface area is 177 Å². The van der Waals surface area contributed by atoms with Gasteiger partial charge in [0.2, 0.25) is 5.91 Å². The third-order valence-corrected chi connectivity index (χ3v) is 3.71. The van der Waals surface area contributed by atoms with Crippen LogP contribution in [0, 0.1) is 0 Å². The fourth-order valence-corrected chi connectivity index (χ4v) is 2.21. The molecule has 1 amide bonds. The topological polar surface area (TPSA) is 113 Å². The Kier molecular flexibility index (Phi) is 16.2. The molecule has 0 fully saturated rings. The number of carboxylic acids is 1. The number of amides is 1. The standard InChI is InChI=1S/C21H33NO8/c23-20(7-8-21(24)25)22-9-4-10-26-11-12-27-13-14-28-15-16-29-17-18-30-19-5-2-1-3-6-19/h1-3,5-6H,4,7-18H2,(H,22,23)(H,24,25). The highest BCUT2D eigenvalue weighted by molar-refractivity contribution is 5.80. The number of ether oxygens (including phenoxy) is 5. The number of hydrogen-bond donors (Lipinski definition) is 2. The second-order valence-electron chi connectivity index (χ2n) is 6.21. The Morgan fingerprint density at radius 1 is 0.733 bits per heavy atom. The van der Waals surface area contributed by atoms with Gasteiger partial charge in [-0.15, -0.1) is 0 Å². The predicted octanol–water partition coefficient (Wildman–Crippen LogP) is 1.50. The smallest absolute Gasteiger partial charge is 0.303 e. The zero-order chi connectivity index (χ0) is 21.7. The van der Waals surface area contributed by atoms with E-state index in [0.717, 1.165) is 5.75 Å². The van der Waals surface area contributed by atoms with E-state index in [1.807, 2.05) is 30.3 Å². The van der Waals surface area contributed by atoms with E-state index in [1.165, 1.54) is 0 Å². The zero-order valence-corrected chi connectivity index (χ0v) is 17.4. The lowest BCUT2D eigenvalue weighted by atomic mass is 10.3. The van der Waals surface area contributed by atoms with Crippen LogP contribution in [0.1, 0.15) is 19.3 Å². The summed E-state index contributed by atoms with van der Waals surface area (Å²) >= 11 is 0. The number of nitrogens with one attached hydrogen (secondary N) is 1. The van der Waals surface area contributed by atoms with Gasteiger partial charge in [-0.25, -0.2) is 0 Å². The molecule has 30 heavy (non-hydrogen) atoms. The Hall–Kier alpha value is -2.20. The number of aliphatic carboxylic acids is 1. The van der Waals surface area contributed by atoms with Crippen molar-refractivity contribution in [2.45, 2.75) is 19.3 Å².